The van der Waals surface area contributed by atoms with Gasteiger partial charge in [0.25, 0.3) is 0 Å². The molecular weight excluding hydrogens is 250 g/mol. The number of methoxy groups -OCH3 is 1. The molecule has 0 saturated heterocycles. The summed E-state index contributed by atoms with van der Waals surface area (Å²) >= 11 is 0. The van der Waals surface area contributed by atoms with Gasteiger partial charge in [-0.15, -0.1) is 0 Å². The Hall–Kier alpha value is -2.29. The van der Waals surface area contributed by atoms with Crippen molar-refractivity contribution in [2.45, 2.75) is 19.9 Å². The number of nitrogens with one attached hydrogen (secondary N) is 1. The number of aryl methyl sites for hydroxylation is 1. The lowest BCUT2D eigenvalue weighted by Crippen LogP contribution is -2.24. The van der Waals surface area contributed by atoms with Crippen molar-refractivity contribution in [2.24, 2.45) is 0 Å². The Labute approximate surface area is 119 Å². The van der Waals surface area contributed by atoms with Crippen LogP contribution in [0, 0.1) is 6.92 Å². The summed E-state index contributed by atoms with van der Waals surface area (Å²) in [5.74, 6) is 0.744. The molecule has 0 aliphatic carbocycles. The Kier molecular flexibility index (Phi) is 4.77. The molecule has 0 fully saturated rings. The number of rotatable bonds is 5. The van der Waals surface area contributed by atoms with E-state index < -0.39 is 0 Å². The quantitative estimate of drug-likeness (QED) is 0.906. The van der Waals surface area contributed by atoms with E-state index in [4.69, 9.17) is 4.74 Å². The highest BCUT2D eigenvalue weighted by atomic mass is 16.5. The van der Waals surface area contributed by atoms with E-state index in [1.54, 1.807) is 7.11 Å². The van der Waals surface area contributed by atoms with Crippen LogP contribution in [0.2, 0.25) is 0 Å². The van der Waals surface area contributed by atoms with Crippen molar-refractivity contribution in [1.29, 1.82) is 0 Å². The van der Waals surface area contributed by atoms with Crippen LogP contribution in [0.5, 0.6) is 5.75 Å². The number of hydrogen-bond donors (Lipinski definition) is 1. The van der Waals surface area contributed by atoms with Gasteiger partial charge in [0, 0.05) is 12.1 Å². The molecule has 2 aromatic carbocycles. The SMILES string of the molecule is COc1ccccc1CC(=O)NCc1ccc(C)cc1. The molecule has 0 spiro atoms. The second-order valence-electron chi connectivity index (χ2n) is 4.75. The first-order chi connectivity index (χ1) is 9.69. The van der Waals surface area contributed by atoms with Crippen molar-refractivity contribution in [3.63, 3.8) is 0 Å². The number of carbonyl (C=O) groups excluding carboxylic acids is 1. The van der Waals surface area contributed by atoms with Gasteiger partial charge in [0.1, 0.15) is 5.75 Å². The monoisotopic (exact) mass is 269 g/mol. The highest BCUT2D eigenvalue weighted by Gasteiger charge is 2.07. The molecule has 104 valence electrons. The van der Waals surface area contributed by atoms with Crippen LogP contribution in [0.3, 0.4) is 0 Å². The van der Waals surface area contributed by atoms with Crippen molar-refractivity contribution in [1.82, 2.24) is 5.32 Å². The van der Waals surface area contributed by atoms with Crippen molar-refractivity contribution in [2.75, 3.05) is 7.11 Å². The number of ether oxygens (including phenoxy) is 1. The third-order valence-corrected chi connectivity index (χ3v) is 3.15. The first kappa shape index (κ1) is 14.1. The summed E-state index contributed by atoms with van der Waals surface area (Å²) in [7, 11) is 1.61. The molecule has 0 saturated carbocycles. The average Bonchev–Trinajstić information content (AvgIpc) is 2.47. The van der Waals surface area contributed by atoms with Crippen molar-refractivity contribution in [3.8, 4) is 5.75 Å². The minimum absolute atomic E-state index is 0.00456. The number of benzene rings is 2. The minimum atomic E-state index is -0.00456. The van der Waals surface area contributed by atoms with Crippen LogP contribution >= 0.6 is 0 Å². The van der Waals surface area contributed by atoms with E-state index in [1.165, 1.54) is 5.56 Å². The highest BCUT2D eigenvalue weighted by molar-refractivity contribution is 5.79. The zero-order valence-corrected chi connectivity index (χ0v) is 11.8. The lowest BCUT2D eigenvalue weighted by Gasteiger charge is -2.09. The summed E-state index contributed by atoms with van der Waals surface area (Å²) < 4.78 is 5.24. The smallest absolute Gasteiger partial charge is 0.224 e. The maximum atomic E-state index is 12.0. The van der Waals surface area contributed by atoms with E-state index in [-0.39, 0.29) is 5.91 Å². The fourth-order valence-corrected chi connectivity index (χ4v) is 1.99. The Morgan fingerprint density at radius 1 is 1.10 bits per heavy atom. The molecule has 0 aliphatic heterocycles. The Bertz CT molecular complexity index is 576. The molecule has 3 heteroatoms. The van der Waals surface area contributed by atoms with E-state index in [0.717, 1.165) is 16.9 Å². The maximum absolute atomic E-state index is 12.0. The fourth-order valence-electron chi connectivity index (χ4n) is 1.99. The van der Waals surface area contributed by atoms with Gasteiger partial charge in [-0.2, -0.15) is 0 Å². The summed E-state index contributed by atoms with van der Waals surface area (Å²) in [4.78, 5) is 12.0. The lowest BCUT2D eigenvalue weighted by molar-refractivity contribution is -0.120. The van der Waals surface area contributed by atoms with E-state index in [0.29, 0.717) is 13.0 Å². The third-order valence-electron chi connectivity index (χ3n) is 3.15. The molecule has 2 rings (SSSR count). The van der Waals surface area contributed by atoms with Crippen molar-refractivity contribution >= 4 is 5.91 Å². The molecule has 2 aromatic rings. The first-order valence-electron chi connectivity index (χ1n) is 6.63. The summed E-state index contributed by atoms with van der Waals surface area (Å²) in [6.45, 7) is 2.60. The van der Waals surface area contributed by atoms with Gasteiger partial charge in [-0.05, 0) is 18.6 Å². The summed E-state index contributed by atoms with van der Waals surface area (Å²) in [5.41, 5.74) is 3.22. The molecule has 1 N–H and O–H groups in total. The zero-order valence-electron chi connectivity index (χ0n) is 11.8. The standard InChI is InChI=1S/C17H19NO2/c1-13-7-9-14(10-8-13)12-18-17(19)11-15-5-3-4-6-16(15)20-2/h3-10H,11-12H2,1-2H3,(H,18,19). The van der Waals surface area contributed by atoms with Gasteiger partial charge in [0.15, 0.2) is 0 Å². The average molecular weight is 269 g/mol. The first-order valence-corrected chi connectivity index (χ1v) is 6.63. The van der Waals surface area contributed by atoms with Gasteiger partial charge in [-0.25, -0.2) is 0 Å². The van der Waals surface area contributed by atoms with Crippen molar-refractivity contribution in [3.05, 3.63) is 65.2 Å². The summed E-state index contributed by atoms with van der Waals surface area (Å²) in [5, 5.41) is 2.92. The molecule has 0 bridgehead atoms. The predicted octanol–water partition coefficient (Wildman–Crippen LogP) is 2.86. The molecule has 20 heavy (non-hydrogen) atoms. The number of hydrogen-bond acceptors (Lipinski definition) is 2. The normalized spacial score (nSPS) is 10.1. The van der Waals surface area contributed by atoms with Crippen LogP contribution in [0.4, 0.5) is 0 Å². The number of amides is 1. The molecule has 0 aliphatic rings. The highest BCUT2D eigenvalue weighted by Crippen LogP contribution is 2.17. The van der Waals surface area contributed by atoms with Gasteiger partial charge in [0.05, 0.1) is 13.5 Å². The van der Waals surface area contributed by atoms with Crippen molar-refractivity contribution < 1.29 is 9.53 Å². The molecule has 0 unspecified atom stereocenters. The van der Waals surface area contributed by atoms with Gasteiger partial charge < -0.3 is 10.1 Å². The largest absolute Gasteiger partial charge is 0.496 e. The van der Waals surface area contributed by atoms with E-state index in [2.05, 4.69) is 5.32 Å². The molecule has 1 amide bonds. The predicted molar refractivity (Wildman–Crippen MR) is 79.7 cm³/mol. The van der Waals surface area contributed by atoms with Gasteiger partial charge in [-0.1, -0.05) is 48.0 Å². The Balaban J connectivity index is 1.91. The molecule has 0 atom stereocenters. The van der Waals surface area contributed by atoms with Crippen LogP contribution in [0.1, 0.15) is 16.7 Å². The minimum Gasteiger partial charge on any atom is -0.496 e. The van der Waals surface area contributed by atoms with Crippen LogP contribution in [-0.2, 0) is 17.8 Å². The number of carbonyl (C=O) groups is 1. The van der Waals surface area contributed by atoms with E-state index in [9.17, 15) is 4.79 Å². The van der Waals surface area contributed by atoms with Gasteiger partial charge >= 0.3 is 0 Å². The Morgan fingerprint density at radius 3 is 2.50 bits per heavy atom. The van der Waals surface area contributed by atoms with E-state index in [1.807, 2.05) is 55.5 Å². The number of para-hydroxylation sites is 1. The molecule has 0 radical (unpaired) electrons. The zero-order chi connectivity index (χ0) is 14.4. The molecular formula is C17H19NO2. The lowest BCUT2D eigenvalue weighted by atomic mass is 10.1. The molecule has 0 aromatic heterocycles. The molecule has 0 heterocycles. The van der Waals surface area contributed by atoms with Crippen LogP contribution in [0.15, 0.2) is 48.5 Å². The fraction of sp³-hybridized carbons (Fsp3) is 0.235. The molecule has 3 nitrogen and oxygen atoms in total. The second kappa shape index (κ2) is 6.75. The summed E-state index contributed by atoms with van der Waals surface area (Å²) in [6.07, 6.45) is 0.329. The maximum Gasteiger partial charge on any atom is 0.224 e. The van der Waals surface area contributed by atoms with Crippen LogP contribution in [0.25, 0.3) is 0 Å². The van der Waals surface area contributed by atoms with E-state index >= 15 is 0 Å². The summed E-state index contributed by atoms with van der Waals surface area (Å²) in [6, 6.07) is 15.7. The van der Waals surface area contributed by atoms with Crippen LogP contribution in [-0.4, -0.2) is 13.0 Å². The second-order valence-corrected chi connectivity index (χ2v) is 4.75. The van der Waals surface area contributed by atoms with Gasteiger partial charge in [0.2, 0.25) is 5.91 Å². The van der Waals surface area contributed by atoms with Gasteiger partial charge in [-0.3, -0.25) is 4.79 Å². The topological polar surface area (TPSA) is 38.3 Å². The Morgan fingerprint density at radius 2 is 1.80 bits per heavy atom. The van der Waals surface area contributed by atoms with Crippen LogP contribution < -0.4 is 10.1 Å². The third kappa shape index (κ3) is 3.85.